The van der Waals surface area contributed by atoms with Gasteiger partial charge in [0.25, 0.3) is 0 Å². The lowest BCUT2D eigenvalue weighted by Gasteiger charge is -2.29. The van der Waals surface area contributed by atoms with Crippen molar-refractivity contribution in [1.29, 1.82) is 0 Å². The first-order valence-corrected chi connectivity index (χ1v) is 7.55. The van der Waals surface area contributed by atoms with Gasteiger partial charge in [0.05, 0.1) is 12.6 Å². The van der Waals surface area contributed by atoms with E-state index in [2.05, 4.69) is 5.32 Å². The van der Waals surface area contributed by atoms with E-state index in [-0.39, 0.29) is 30.8 Å². The van der Waals surface area contributed by atoms with Crippen molar-refractivity contribution >= 4 is 29.9 Å². The van der Waals surface area contributed by atoms with E-state index in [1.165, 1.54) is 5.56 Å². The smallest absolute Gasteiger partial charge is 0.246 e. The Morgan fingerprint density at radius 1 is 1.36 bits per heavy atom. The number of para-hydroxylation sites is 1. The average molecular weight is 326 g/mol. The fourth-order valence-corrected chi connectivity index (χ4v) is 2.62. The Balaban J connectivity index is 0.00000242. The van der Waals surface area contributed by atoms with Gasteiger partial charge in [-0.05, 0) is 30.9 Å². The van der Waals surface area contributed by atoms with Crippen LogP contribution in [-0.4, -0.2) is 30.9 Å². The molecule has 1 aromatic carbocycles. The minimum absolute atomic E-state index is 0. The van der Waals surface area contributed by atoms with Crippen molar-refractivity contribution in [3.8, 4) is 0 Å². The number of rotatable bonds is 5. The second-order valence-corrected chi connectivity index (χ2v) is 5.39. The third kappa shape index (κ3) is 4.45. The lowest BCUT2D eigenvalue weighted by atomic mass is 10.0. The normalized spacial score (nSPS) is 14.5. The molecule has 1 aliphatic rings. The van der Waals surface area contributed by atoms with Crippen LogP contribution in [0.1, 0.15) is 31.7 Å². The highest BCUT2D eigenvalue weighted by molar-refractivity contribution is 5.98. The third-order valence-electron chi connectivity index (χ3n) is 3.76. The number of nitrogens with zero attached hydrogens (tertiary/aromatic N) is 1. The van der Waals surface area contributed by atoms with Crippen molar-refractivity contribution in [2.24, 2.45) is 5.73 Å². The summed E-state index contributed by atoms with van der Waals surface area (Å²) in [5.41, 5.74) is 7.88. The van der Waals surface area contributed by atoms with Gasteiger partial charge in [-0.15, -0.1) is 12.4 Å². The number of benzene rings is 1. The van der Waals surface area contributed by atoms with Crippen LogP contribution in [0.15, 0.2) is 24.3 Å². The van der Waals surface area contributed by atoms with Gasteiger partial charge in [-0.2, -0.15) is 0 Å². The van der Waals surface area contributed by atoms with Crippen LogP contribution in [0.5, 0.6) is 0 Å². The Labute approximate surface area is 137 Å². The highest BCUT2D eigenvalue weighted by Crippen LogP contribution is 2.26. The fraction of sp³-hybridized carbons (Fsp3) is 0.500. The second-order valence-electron chi connectivity index (χ2n) is 5.39. The van der Waals surface area contributed by atoms with E-state index in [0.29, 0.717) is 13.0 Å². The van der Waals surface area contributed by atoms with Crippen molar-refractivity contribution in [1.82, 2.24) is 5.32 Å². The van der Waals surface area contributed by atoms with E-state index in [1.807, 2.05) is 31.2 Å². The monoisotopic (exact) mass is 325 g/mol. The molecule has 0 bridgehead atoms. The van der Waals surface area contributed by atoms with Crippen LogP contribution in [0.25, 0.3) is 0 Å². The van der Waals surface area contributed by atoms with Crippen LogP contribution in [0.2, 0.25) is 0 Å². The van der Waals surface area contributed by atoms with E-state index >= 15 is 0 Å². The predicted octanol–water partition coefficient (Wildman–Crippen LogP) is 1.63. The minimum Gasteiger partial charge on any atom is -0.346 e. The van der Waals surface area contributed by atoms with Crippen LogP contribution in [0.4, 0.5) is 5.69 Å². The Bertz CT molecular complexity index is 522. The molecule has 0 radical (unpaired) electrons. The molecular weight excluding hydrogens is 302 g/mol. The summed E-state index contributed by atoms with van der Waals surface area (Å²) in [7, 11) is 0. The molecule has 5 nitrogen and oxygen atoms in total. The number of carbonyl (C=O) groups excluding carboxylic acids is 2. The first-order valence-electron chi connectivity index (χ1n) is 7.55. The molecular formula is C16H24ClN3O2. The number of hydrogen-bond donors (Lipinski definition) is 2. The maximum absolute atomic E-state index is 12.3. The van der Waals surface area contributed by atoms with Crippen molar-refractivity contribution < 1.29 is 9.59 Å². The molecule has 0 saturated heterocycles. The van der Waals surface area contributed by atoms with Gasteiger partial charge in [0.2, 0.25) is 11.8 Å². The Morgan fingerprint density at radius 2 is 2.09 bits per heavy atom. The fourth-order valence-electron chi connectivity index (χ4n) is 2.62. The van der Waals surface area contributed by atoms with Gasteiger partial charge in [-0.25, -0.2) is 0 Å². The lowest BCUT2D eigenvalue weighted by Crippen LogP contribution is -2.47. The van der Waals surface area contributed by atoms with Crippen molar-refractivity contribution in [3.05, 3.63) is 29.8 Å². The van der Waals surface area contributed by atoms with Crippen LogP contribution < -0.4 is 16.0 Å². The van der Waals surface area contributed by atoms with Gasteiger partial charge in [0.15, 0.2) is 0 Å². The number of fused-ring (bicyclic) bond motifs is 1. The standard InChI is InChI=1S/C16H23N3O2.ClH/c1-2-6-13(17)16(21)18-11-15(20)19-10-5-8-12-7-3-4-9-14(12)19;/h3-4,7,9,13H,2,5-6,8,10-11,17H2,1H3,(H,18,21);1H. The van der Waals surface area contributed by atoms with Gasteiger partial charge < -0.3 is 16.0 Å². The maximum Gasteiger partial charge on any atom is 0.246 e. The van der Waals surface area contributed by atoms with Crippen LogP contribution >= 0.6 is 12.4 Å². The summed E-state index contributed by atoms with van der Waals surface area (Å²) in [5, 5.41) is 2.64. The molecule has 0 aromatic heterocycles. The summed E-state index contributed by atoms with van der Waals surface area (Å²) in [4.78, 5) is 25.8. The molecule has 1 aliphatic heterocycles. The number of hydrogen-bond acceptors (Lipinski definition) is 3. The van der Waals surface area contributed by atoms with E-state index in [9.17, 15) is 9.59 Å². The maximum atomic E-state index is 12.3. The zero-order valence-electron chi connectivity index (χ0n) is 12.9. The summed E-state index contributed by atoms with van der Waals surface area (Å²) in [5.74, 6) is -0.338. The Hall–Kier alpha value is -1.59. The van der Waals surface area contributed by atoms with Gasteiger partial charge >= 0.3 is 0 Å². The van der Waals surface area contributed by atoms with E-state index in [0.717, 1.165) is 24.9 Å². The topological polar surface area (TPSA) is 75.4 Å². The van der Waals surface area contributed by atoms with E-state index in [4.69, 9.17) is 5.73 Å². The molecule has 0 saturated carbocycles. The number of anilines is 1. The van der Waals surface area contributed by atoms with Gasteiger partial charge in [-0.3, -0.25) is 9.59 Å². The number of nitrogens with two attached hydrogens (primary N) is 1. The molecule has 1 heterocycles. The average Bonchev–Trinajstić information content (AvgIpc) is 2.51. The first kappa shape index (κ1) is 18.5. The van der Waals surface area contributed by atoms with Crippen LogP contribution in [0, 0.1) is 0 Å². The van der Waals surface area contributed by atoms with Gasteiger partial charge in [0, 0.05) is 12.2 Å². The van der Waals surface area contributed by atoms with E-state index in [1.54, 1.807) is 4.90 Å². The summed E-state index contributed by atoms with van der Waals surface area (Å²) >= 11 is 0. The van der Waals surface area contributed by atoms with Gasteiger partial charge in [0.1, 0.15) is 0 Å². The van der Waals surface area contributed by atoms with Crippen molar-refractivity contribution in [2.75, 3.05) is 18.0 Å². The van der Waals surface area contributed by atoms with Crippen molar-refractivity contribution in [3.63, 3.8) is 0 Å². The zero-order valence-corrected chi connectivity index (χ0v) is 13.7. The van der Waals surface area contributed by atoms with Crippen LogP contribution in [-0.2, 0) is 16.0 Å². The molecule has 6 heteroatoms. The molecule has 0 spiro atoms. The highest BCUT2D eigenvalue weighted by atomic mass is 35.5. The summed E-state index contributed by atoms with van der Waals surface area (Å²) in [6, 6.07) is 7.39. The Kier molecular flexibility index (Phi) is 7.35. The molecule has 3 N–H and O–H groups in total. The molecule has 2 amide bonds. The molecule has 1 unspecified atom stereocenters. The number of carbonyl (C=O) groups is 2. The summed E-state index contributed by atoms with van der Waals surface area (Å²) < 4.78 is 0. The number of aryl methyl sites for hydroxylation is 1. The van der Waals surface area contributed by atoms with E-state index < -0.39 is 6.04 Å². The number of amides is 2. The third-order valence-corrected chi connectivity index (χ3v) is 3.76. The van der Waals surface area contributed by atoms with Gasteiger partial charge in [-0.1, -0.05) is 31.5 Å². The first-order chi connectivity index (χ1) is 10.1. The quantitative estimate of drug-likeness (QED) is 0.864. The van der Waals surface area contributed by atoms with Crippen molar-refractivity contribution in [2.45, 2.75) is 38.6 Å². The molecule has 2 rings (SSSR count). The minimum atomic E-state index is -0.531. The molecule has 0 aliphatic carbocycles. The highest BCUT2D eigenvalue weighted by Gasteiger charge is 2.22. The molecule has 0 fully saturated rings. The zero-order chi connectivity index (χ0) is 15.2. The summed E-state index contributed by atoms with van der Waals surface area (Å²) in [6.45, 7) is 2.68. The summed E-state index contributed by atoms with van der Waals surface area (Å²) in [6.07, 6.45) is 3.42. The number of halogens is 1. The molecule has 122 valence electrons. The lowest BCUT2D eigenvalue weighted by molar-refractivity contribution is -0.126. The molecule has 22 heavy (non-hydrogen) atoms. The van der Waals surface area contributed by atoms with Crippen LogP contribution in [0.3, 0.4) is 0 Å². The predicted molar refractivity (Wildman–Crippen MR) is 90.3 cm³/mol. The Morgan fingerprint density at radius 3 is 2.82 bits per heavy atom. The largest absolute Gasteiger partial charge is 0.346 e. The molecule has 1 atom stereocenters. The second kappa shape index (κ2) is 8.76. The number of nitrogens with one attached hydrogen (secondary N) is 1. The molecule has 1 aromatic rings. The SMILES string of the molecule is CCCC(N)C(=O)NCC(=O)N1CCCc2ccccc21.Cl.